The maximum absolute atomic E-state index is 11.8. The van der Waals surface area contributed by atoms with Crippen LogP contribution in [0.25, 0.3) is 0 Å². The molecule has 1 saturated carbocycles. The minimum Gasteiger partial charge on any atom is -0.383 e. The van der Waals surface area contributed by atoms with Gasteiger partial charge in [0.15, 0.2) is 0 Å². The smallest absolute Gasteiger partial charge is 0.267 e. The van der Waals surface area contributed by atoms with E-state index in [4.69, 9.17) is 0 Å². The Hall–Kier alpha value is -1.55. The number of anilines is 1. The zero-order valence-corrected chi connectivity index (χ0v) is 10.4. The Labute approximate surface area is 107 Å². The van der Waals surface area contributed by atoms with E-state index >= 15 is 0 Å². The van der Waals surface area contributed by atoms with Gasteiger partial charge in [-0.15, -0.1) is 0 Å². The summed E-state index contributed by atoms with van der Waals surface area (Å²) >= 11 is 0. The predicted octanol–water partition coefficient (Wildman–Crippen LogP) is 2.07. The molecule has 1 aromatic rings. The van der Waals surface area contributed by atoms with E-state index in [2.05, 4.69) is 10.9 Å². The Bertz CT molecular complexity index is 375. The second kappa shape index (κ2) is 6.40. The second-order valence-electron chi connectivity index (χ2n) is 4.82. The van der Waals surface area contributed by atoms with Crippen molar-refractivity contribution in [3.05, 3.63) is 30.3 Å². The summed E-state index contributed by atoms with van der Waals surface area (Å²) in [6.07, 6.45) is 4.43. The number of aliphatic hydroxyl groups is 1. The molecule has 0 radical (unpaired) electrons. The number of hydrogen-bond donors (Lipinski definition) is 3. The Morgan fingerprint density at radius 3 is 2.50 bits per heavy atom. The molecule has 0 unspecified atom stereocenters. The monoisotopic (exact) mass is 248 g/mol. The summed E-state index contributed by atoms with van der Waals surface area (Å²) < 4.78 is 0. The lowest BCUT2D eigenvalue weighted by molar-refractivity contribution is -0.132. The van der Waals surface area contributed by atoms with Crippen molar-refractivity contribution in [3.8, 4) is 0 Å². The summed E-state index contributed by atoms with van der Waals surface area (Å²) in [5.41, 5.74) is 6.17. The molecule has 2 rings (SSSR count). The van der Waals surface area contributed by atoms with Crippen LogP contribution >= 0.6 is 0 Å². The van der Waals surface area contributed by atoms with Crippen molar-refractivity contribution in [2.45, 2.75) is 38.2 Å². The van der Waals surface area contributed by atoms with Crippen molar-refractivity contribution >= 4 is 11.6 Å². The Morgan fingerprint density at radius 2 is 1.83 bits per heavy atom. The molecule has 1 amide bonds. The quantitative estimate of drug-likeness (QED) is 0.715. The number of hydrogen-bond acceptors (Lipinski definition) is 3. The highest BCUT2D eigenvalue weighted by Crippen LogP contribution is 2.26. The van der Waals surface area contributed by atoms with Gasteiger partial charge in [-0.2, -0.15) is 0 Å². The molecule has 0 aromatic heterocycles. The third-order valence-corrected chi connectivity index (χ3v) is 3.47. The number of rotatable bonds is 4. The van der Waals surface area contributed by atoms with Gasteiger partial charge in [0, 0.05) is 0 Å². The first kappa shape index (κ1) is 12.9. The molecule has 3 N–H and O–H groups in total. The summed E-state index contributed by atoms with van der Waals surface area (Å²) in [6.45, 7) is 0. The lowest BCUT2D eigenvalue weighted by Gasteiger charge is -2.25. The van der Waals surface area contributed by atoms with Crippen LogP contribution in [0.5, 0.6) is 0 Å². The molecular weight excluding hydrogens is 228 g/mol. The molecule has 0 heterocycles. The summed E-state index contributed by atoms with van der Waals surface area (Å²) in [7, 11) is 0. The normalized spacial score (nSPS) is 18.1. The fourth-order valence-electron chi connectivity index (χ4n) is 2.39. The zero-order chi connectivity index (χ0) is 12.8. The first-order valence-corrected chi connectivity index (χ1v) is 6.56. The molecule has 0 bridgehead atoms. The lowest BCUT2D eigenvalue weighted by atomic mass is 9.85. The van der Waals surface area contributed by atoms with Gasteiger partial charge < -0.3 is 5.11 Å². The zero-order valence-electron chi connectivity index (χ0n) is 10.4. The van der Waals surface area contributed by atoms with Gasteiger partial charge in [0.05, 0.1) is 5.69 Å². The highest BCUT2D eigenvalue weighted by molar-refractivity contribution is 5.82. The third kappa shape index (κ3) is 3.47. The van der Waals surface area contributed by atoms with Crippen LogP contribution in [0.4, 0.5) is 5.69 Å². The lowest BCUT2D eigenvalue weighted by Crippen LogP contribution is -2.42. The molecule has 1 fully saturated rings. The van der Waals surface area contributed by atoms with E-state index in [9.17, 15) is 9.90 Å². The van der Waals surface area contributed by atoms with Crippen molar-refractivity contribution in [2.75, 3.05) is 5.43 Å². The molecule has 4 nitrogen and oxygen atoms in total. The Kier molecular flexibility index (Phi) is 4.59. The largest absolute Gasteiger partial charge is 0.383 e. The van der Waals surface area contributed by atoms with Crippen molar-refractivity contribution in [3.63, 3.8) is 0 Å². The van der Waals surface area contributed by atoms with Crippen LogP contribution in [0.1, 0.15) is 32.1 Å². The molecule has 4 heteroatoms. The minimum atomic E-state index is -0.901. The van der Waals surface area contributed by atoms with E-state index in [1.165, 1.54) is 6.42 Å². The molecule has 1 aliphatic carbocycles. The topological polar surface area (TPSA) is 61.4 Å². The van der Waals surface area contributed by atoms with Crippen molar-refractivity contribution < 1.29 is 9.90 Å². The van der Waals surface area contributed by atoms with E-state index in [0.29, 0.717) is 0 Å². The van der Waals surface area contributed by atoms with Crippen LogP contribution in [0, 0.1) is 5.92 Å². The van der Waals surface area contributed by atoms with Gasteiger partial charge >= 0.3 is 0 Å². The van der Waals surface area contributed by atoms with E-state index in [-0.39, 0.29) is 11.8 Å². The van der Waals surface area contributed by atoms with Gasteiger partial charge in [-0.05, 0) is 30.9 Å². The van der Waals surface area contributed by atoms with E-state index in [1.807, 2.05) is 30.3 Å². The molecule has 18 heavy (non-hydrogen) atoms. The van der Waals surface area contributed by atoms with Gasteiger partial charge in [-0.1, -0.05) is 37.5 Å². The standard InChI is InChI=1S/C14H20N2O2/c17-13(11-7-3-1-4-8-11)14(18)16-15-12-9-5-2-6-10-12/h2,5-6,9-11,13,15,17H,1,3-4,7-8H2,(H,16,18)/t13-/m0/s1. The number of carbonyl (C=O) groups excluding carboxylic acids is 1. The van der Waals surface area contributed by atoms with Crippen LogP contribution in [0.15, 0.2) is 30.3 Å². The molecule has 0 saturated heterocycles. The number of aliphatic hydroxyl groups excluding tert-OH is 1. The number of carbonyl (C=O) groups is 1. The average molecular weight is 248 g/mol. The van der Waals surface area contributed by atoms with Crippen molar-refractivity contribution in [2.24, 2.45) is 5.92 Å². The molecule has 1 aromatic carbocycles. The minimum absolute atomic E-state index is 0.108. The maximum atomic E-state index is 11.8. The maximum Gasteiger partial charge on any atom is 0.267 e. The fraction of sp³-hybridized carbons (Fsp3) is 0.500. The first-order chi connectivity index (χ1) is 8.77. The third-order valence-electron chi connectivity index (χ3n) is 3.47. The fourth-order valence-corrected chi connectivity index (χ4v) is 2.39. The highest BCUT2D eigenvalue weighted by atomic mass is 16.3. The number of nitrogens with one attached hydrogen (secondary N) is 2. The summed E-state index contributed by atoms with van der Waals surface area (Å²) in [5.74, 6) is -0.234. The molecule has 0 aliphatic heterocycles. The molecular formula is C14H20N2O2. The second-order valence-corrected chi connectivity index (χ2v) is 4.82. The molecule has 0 spiro atoms. The summed E-state index contributed by atoms with van der Waals surface area (Å²) in [6, 6.07) is 9.38. The number of benzene rings is 1. The van der Waals surface area contributed by atoms with Crippen LogP contribution < -0.4 is 10.9 Å². The van der Waals surface area contributed by atoms with Gasteiger partial charge in [-0.3, -0.25) is 15.6 Å². The highest BCUT2D eigenvalue weighted by Gasteiger charge is 2.27. The molecule has 1 atom stereocenters. The van der Waals surface area contributed by atoms with Crippen LogP contribution in [-0.2, 0) is 4.79 Å². The van der Waals surface area contributed by atoms with Crippen LogP contribution in [-0.4, -0.2) is 17.1 Å². The van der Waals surface area contributed by atoms with Gasteiger partial charge in [0.25, 0.3) is 5.91 Å². The number of amides is 1. The van der Waals surface area contributed by atoms with Gasteiger partial charge in [0.2, 0.25) is 0 Å². The van der Waals surface area contributed by atoms with Gasteiger partial charge in [0.1, 0.15) is 6.10 Å². The Balaban J connectivity index is 1.80. The van der Waals surface area contributed by atoms with Gasteiger partial charge in [-0.25, -0.2) is 0 Å². The Morgan fingerprint density at radius 1 is 1.17 bits per heavy atom. The first-order valence-electron chi connectivity index (χ1n) is 6.56. The SMILES string of the molecule is O=C(NNc1ccccc1)[C@@H](O)C1CCCCC1. The summed E-state index contributed by atoms with van der Waals surface area (Å²) in [5, 5.41) is 9.97. The van der Waals surface area contributed by atoms with Crippen LogP contribution in [0.3, 0.4) is 0 Å². The van der Waals surface area contributed by atoms with E-state index in [1.54, 1.807) is 0 Å². The van der Waals surface area contributed by atoms with Crippen molar-refractivity contribution in [1.29, 1.82) is 0 Å². The number of para-hydroxylation sites is 1. The van der Waals surface area contributed by atoms with E-state index in [0.717, 1.165) is 31.4 Å². The molecule has 98 valence electrons. The average Bonchev–Trinajstić information content (AvgIpc) is 2.46. The summed E-state index contributed by atoms with van der Waals surface area (Å²) in [4.78, 5) is 11.8. The van der Waals surface area contributed by atoms with E-state index < -0.39 is 6.10 Å². The van der Waals surface area contributed by atoms with Crippen LogP contribution in [0.2, 0.25) is 0 Å². The van der Waals surface area contributed by atoms with Crippen molar-refractivity contribution in [1.82, 2.24) is 5.43 Å². The predicted molar refractivity (Wildman–Crippen MR) is 70.8 cm³/mol. The number of hydrazine groups is 1. The molecule has 1 aliphatic rings.